The van der Waals surface area contributed by atoms with Gasteiger partial charge < -0.3 is 5.73 Å². The highest BCUT2D eigenvalue weighted by Crippen LogP contribution is 2.32. The monoisotopic (exact) mass is 329 g/mol. The molecule has 2 rings (SSSR count). The van der Waals surface area contributed by atoms with E-state index in [0.29, 0.717) is 5.02 Å². The van der Waals surface area contributed by atoms with E-state index in [1.54, 1.807) is 11.3 Å². The Morgan fingerprint density at radius 2 is 2.00 bits per heavy atom. The van der Waals surface area contributed by atoms with E-state index in [0.717, 1.165) is 10.0 Å². The molecule has 2 N–H and O–H groups in total. The third kappa shape index (κ3) is 2.74. The number of halogens is 2. The van der Waals surface area contributed by atoms with Crippen LogP contribution in [0.5, 0.6) is 0 Å². The fraction of sp³-hybridized carbons (Fsp3) is 0.231. The Kier molecular flexibility index (Phi) is 3.93. The first-order valence-electron chi connectivity index (χ1n) is 5.26. The first-order chi connectivity index (χ1) is 7.99. The minimum Gasteiger partial charge on any atom is -0.320 e. The summed E-state index contributed by atoms with van der Waals surface area (Å²) in [6.45, 7) is 4.20. The van der Waals surface area contributed by atoms with Gasteiger partial charge in [-0.1, -0.05) is 17.7 Å². The lowest BCUT2D eigenvalue weighted by Gasteiger charge is -2.12. The SMILES string of the molecule is Cc1cc(C)c(C(N)c2ccc(Cl)c(Br)c2)s1. The number of hydrogen-bond acceptors (Lipinski definition) is 2. The molecule has 1 unspecified atom stereocenters. The van der Waals surface area contributed by atoms with Crippen molar-refractivity contribution in [2.75, 3.05) is 0 Å². The van der Waals surface area contributed by atoms with E-state index >= 15 is 0 Å². The first-order valence-corrected chi connectivity index (χ1v) is 7.25. The molecule has 0 saturated heterocycles. The third-order valence-electron chi connectivity index (χ3n) is 2.66. The normalized spacial score (nSPS) is 12.8. The van der Waals surface area contributed by atoms with Gasteiger partial charge in [0, 0.05) is 14.2 Å². The molecule has 0 aliphatic rings. The Labute approximate surface area is 119 Å². The maximum absolute atomic E-state index is 6.30. The van der Waals surface area contributed by atoms with Gasteiger partial charge in [-0.2, -0.15) is 0 Å². The van der Waals surface area contributed by atoms with E-state index in [2.05, 4.69) is 35.8 Å². The first kappa shape index (κ1) is 13.1. The number of nitrogens with two attached hydrogens (primary N) is 1. The van der Waals surface area contributed by atoms with Crippen molar-refractivity contribution in [3.05, 3.63) is 54.6 Å². The van der Waals surface area contributed by atoms with E-state index in [4.69, 9.17) is 17.3 Å². The quantitative estimate of drug-likeness (QED) is 0.838. The number of thiophene rings is 1. The van der Waals surface area contributed by atoms with Gasteiger partial charge in [0.15, 0.2) is 0 Å². The van der Waals surface area contributed by atoms with Crippen LogP contribution in [0, 0.1) is 13.8 Å². The molecule has 0 spiro atoms. The minimum absolute atomic E-state index is 0.0812. The van der Waals surface area contributed by atoms with Crippen LogP contribution in [0.15, 0.2) is 28.7 Å². The summed E-state index contributed by atoms with van der Waals surface area (Å²) < 4.78 is 0.887. The molecule has 0 bridgehead atoms. The van der Waals surface area contributed by atoms with Gasteiger partial charge in [0.05, 0.1) is 11.1 Å². The molecule has 17 heavy (non-hydrogen) atoms. The lowest BCUT2D eigenvalue weighted by Crippen LogP contribution is -2.11. The third-order valence-corrected chi connectivity index (χ3v) is 5.11. The Balaban J connectivity index is 2.40. The smallest absolute Gasteiger partial charge is 0.0649 e. The van der Waals surface area contributed by atoms with Crippen molar-refractivity contribution >= 4 is 38.9 Å². The van der Waals surface area contributed by atoms with Crippen molar-refractivity contribution in [3.63, 3.8) is 0 Å². The van der Waals surface area contributed by atoms with Crippen LogP contribution in [0.25, 0.3) is 0 Å². The number of aryl methyl sites for hydroxylation is 2. The van der Waals surface area contributed by atoms with Crippen molar-refractivity contribution in [3.8, 4) is 0 Å². The predicted octanol–water partition coefficient (Wildman–Crippen LogP) is 4.83. The van der Waals surface area contributed by atoms with Crippen LogP contribution in [0.2, 0.25) is 5.02 Å². The fourth-order valence-corrected chi connectivity index (χ4v) is 3.40. The largest absolute Gasteiger partial charge is 0.320 e. The average Bonchev–Trinajstić information content (AvgIpc) is 2.61. The van der Waals surface area contributed by atoms with E-state index in [1.807, 2.05) is 18.2 Å². The van der Waals surface area contributed by atoms with Gasteiger partial charge in [-0.25, -0.2) is 0 Å². The zero-order chi connectivity index (χ0) is 12.6. The summed E-state index contributed by atoms with van der Waals surface area (Å²) in [4.78, 5) is 2.51. The van der Waals surface area contributed by atoms with E-state index in [9.17, 15) is 0 Å². The molecule has 90 valence electrons. The topological polar surface area (TPSA) is 26.0 Å². The van der Waals surface area contributed by atoms with E-state index < -0.39 is 0 Å². The molecule has 1 aromatic heterocycles. The molecule has 2 aromatic rings. The van der Waals surface area contributed by atoms with Crippen molar-refractivity contribution in [2.24, 2.45) is 5.73 Å². The molecular weight excluding hydrogens is 318 g/mol. The maximum Gasteiger partial charge on any atom is 0.0649 e. The molecule has 1 aromatic carbocycles. The fourth-order valence-electron chi connectivity index (χ4n) is 1.83. The molecule has 1 heterocycles. The number of rotatable bonds is 2. The number of benzene rings is 1. The molecule has 1 nitrogen and oxygen atoms in total. The van der Waals surface area contributed by atoms with Crippen LogP contribution < -0.4 is 5.73 Å². The molecule has 0 saturated carbocycles. The Bertz CT molecular complexity index is 550. The number of hydrogen-bond donors (Lipinski definition) is 1. The van der Waals surface area contributed by atoms with Gasteiger partial charge in [0.25, 0.3) is 0 Å². The zero-order valence-corrected chi connectivity index (χ0v) is 12.8. The van der Waals surface area contributed by atoms with Crippen LogP contribution in [0.4, 0.5) is 0 Å². The second kappa shape index (κ2) is 5.11. The highest BCUT2D eigenvalue weighted by atomic mass is 79.9. The standard InChI is InChI=1S/C13H13BrClNS/c1-7-5-8(2)17-13(7)12(16)9-3-4-11(15)10(14)6-9/h3-6,12H,16H2,1-2H3. The van der Waals surface area contributed by atoms with E-state index in [1.165, 1.54) is 15.3 Å². The Morgan fingerprint density at radius 3 is 2.53 bits per heavy atom. The molecule has 0 radical (unpaired) electrons. The summed E-state index contributed by atoms with van der Waals surface area (Å²) >= 11 is 11.2. The Hall–Kier alpha value is -0.350. The summed E-state index contributed by atoms with van der Waals surface area (Å²) in [5.74, 6) is 0. The molecule has 0 amide bonds. The molecular formula is C13H13BrClNS. The molecule has 0 fully saturated rings. The summed E-state index contributed by atoms with van der Waals surface area (Å²) in [5.41, 5.74) is 8.63. The van der Waals surface area contributed by atoms with Crippen LogP contribution in [-0.2, 0) is 0 Å². The second-order valence-electron chi connectivity index (χ2n) is 4.06. The van der Waals surface area contributed by atoms with Crippen LogP contribution in [-0.4, -0.2) is 0 Å². The van der Waals surface area contributed by atoms with Gasteiger partial charge in [0.1, 0.15) is 0 Å². The molecule has 0 aliphatic heterocycles. The highest BCUT2D eigenvalue weighted by Gasteiger charge is 2.15. The van der Waals surface area contributed by atoms with Crippen molar-refractivity contribution < 1.29 is 0 Å². The average molecular weight is 331 g/mol. The summed E-state index contributed by atoms with van der Waals surface area (Å²) in [7, 11) is 0. The highest BCUT2D eigenvalue weighted by molar-refractivity contribution is 9.10. The molecule has 4 heteroatoms. The zero-order valence-electron chi connectivity index (χ0n) is 9.63. The molecule has 1 atom stereocenters. The molecule has 0 aliphatic carbocycles. The predicted molar refractivity (Wildman–Crippen MR) is 79.0 cm³/mol. The lowest BCUT2D eigenvalue weighted by molar-refractivity contribution is 0.884. The van der Waals surface area contributed by atoms with Gasteiger partial charge in [0.2, 0.25) is 0 Å². The summed E-state index contributed by atoms with van der Waals surface area (Å²) in [6, 6.07) is 7.93. The van der Waals surface area contributed by atoms with Crippen LogP contribution in [0.3, 0.4) is 0 Å². The van der Waals surface area contributed by atoms with Crippen LogP contribution in [0.1, 0.15) is 26.9 Å². The van der Waals surface area contributed by atoms with Gasteiger partial charge in [-0.15, -0.1) is 11.3 Å². The van der Waals surface area contributed by atoms with Crippen LogP contribution >= 0.6 is 38.9 Å². The van der Waals surface area contributed by atoms with Crippen molar-refractivity contribution in [1.82, 2.24) is 0 Å². The second-order valence-corrected chi connectivity index (χ2v) is 6.60. The van der Waals surface area contributed by atoms with Crippen molar-refractivity contribution in [2.45, 2.75) is 19.9 Å². The van der Waals surface area contributed by atoms with Gasteiger partial charge >= 0.3 is 0 Å². The minimum atomic E-state index is -0.0812. The van der Waals surface area contributed by atoms with Gasteiger partial charge in [-0.3, -0.25) is 0 Å². The van der Waals surface area contributed by atoms with E-state index in [-0.39, 0.29) is 6.04 Å². The maximum atomic E-state index is 6.30. The van der Waals surface area contributed by atoms with Crippen molar-refractivity contribution in [1.29, 1.82) is 0 Å². The lowest BCUT2D eigenvalue weighted by atomic mass is 10.0. The Morgan fingerprint density at radius 1 is 1.29 bits per heavy atom. The summed E-state index contributed by atoms with van der Waals surface area (Å²) in [6.07, 6.45) is 0. The van der Waals surface area contributed by atoms with Gasteiger partial charge in [-0.05, 0) is 59.1 Å². The summed E-state index contributed by atoms with van der Waals surface area (Å²) in [5, 5.41) is 0.708.